The van der Waals surface area contributed by atoms with E-state index in [4.69, 9.17) is 4.74 Å². The third-order valence-electron chi connectivity index (χ3n) is 4.99. The van der Waals surface area contributed by atoms with E-state index in [0.29, 0.717) is 0 Å². The molecule has 4 nitrogen and oxygen atoms in total. The van der Waals surface area contributed by atoms with Gasteiger partial charge in [0.2, 0.25) is 5.12 Å². The summed E-state index contributed by atoms with van der Waals surface area (Å²) in [7, 11) is 0. The molecule has 1 amide bonds. The second-order valence-electron chi connectivity index (χ2n) is 6.93. The van der Waals surface area contributed by atoms with Gasteiger partial charge in [-0.1, -0.05) is 66.7 Å². The maximum atomic E-state index is 12.3. The highest BCUT2D eigenvalue weighted by Gasteiger charge is 2.29. The fraction of sp³-hybridized carbons (Fsp3) is 0.167. The molecule has 0 aromatic heterocycles. The molecule has 0 unspecified atom stereocenters. The number of hydrogen-bond donors (Lipinski definition) is 1. The normalized spacial score (nSPS) is 13.3. The van der Waals surface area contributed by atoms with E-state index in [-0.39, 0.29) is 17.6 Å². The molecule has 146 valence electrons. The molecule has 3 aromatic carbocycles. The Morgan fingerprint density at radius 1 is 0.897 bits per heavy atom. The molecule has 0 fully saturated rings. The molecule has 0 spiro atoms. The predicted octanol–water partition coefficient (Wildman–Crippen LogP) is 5.23. The summed E-state index contributed by atoms with van der Waals surface area (Å²) in [6.07, 6.45) is -0.582. The van der Waals surface area contributed by atoms with Crippen molar-refractivity contribution in [2.45, 2.75) is 23.8 Å². The number of rotatable bonds is 5. The van der Waals surface area contributed by atoms with Crippen molar-refractivity contribution in [1.82, 2.24) is 5.32 Å². The van der Waals surface area contributed by atoms with Gasteiger partial charge in [-0.3, -0.25) is 4.79 Å². The highest BCUT2D eigenvalue weighted by molar-refractivity contribution is 8.13. The van der Waals surface area contributed by atoms with Crippen molar-refractivity contribution in [1.29, 1.82) is 0 Å². The highest BCUT2D eigenvalue weighted by atomic mass is 32.2. The first-order chi connectivity index (χ1) is 14.1. The zero-order chi connectivity index (χ0) is 20.2. The zero-order valence-corrected chi connectivity index (χ0v) is 16.8. The molecule has 1 N–H and O–H groups in total. The fourth-order valence-corrected chi connectivity index (χ4v) is 4.33. The number of ether oxygens (including phenoxy) is 1. The predicted molar refractivity (Wildman–Crippen MR) is 115 cm³/mol. The van der Waals surface area contributed by atoms with Crippen molar-refractivity contribution in [2.24, 2.45) is 0 Å². The monoisotopic (exact) mass is 403 g/mol. The Kier molecular flexibility index (Phi) is 5.67. The lowest BCUT2D eigenvalue weighted by molar-refractivity contribution is -0.112. The summed E-state index contributed by atoms with van der Waals surface area (Å²) in [5, 5.41) is 2.51. The molecule has 0 radical (unpaired) electrons. The van der Waals surface area contributed by atoms with Crippen LogP contribution in [-0.4, -0.2) is 23.9 Å². The SMILES string of the molecule is C[C@H](NC(=O)OCC1c2ccccc2-c2ccccc21)C(=O)Sc1ccccc1. The van der Waals surface area contributed by atoms with E-state index in [1.54, 1.807) is 6.92 Å². The largest absolute Gasteiger partial charge is 0.449 e. The number of benzene rings is 3. The van der Waals surface area contributed by atoms with Crippen LogP contribution in [0, 0.1) is 0 Å². The van der Waals surface area contributed by atoms with Gasteiger partial charge in [0.1, 0.15) is 6.61 Å². The summed E-state index contributed by atoms with van der Waals surface area (Å²) in [6, 6.07) is 25.1. The van der Waals surface area contributed by atoms with Crippen LogP contribution in [-0.2, 0) is 9.53 Å². The van der Waals surface area contributed by atoms with Crippen LogP contribution in [0.25, 0.3) is 11.1 Å². The smallest absolute Gasteiger partial charge is 0.407 e. The van der Waals surface area contributed by atoms with Gasteiger partial charge in [0, 0.05) is 10.8 Å². The van der Waals surface area contributed by atoms with Crippen LogP contribution < -0.4 is 5.32 Å². The van der Waals surface area contributed by atoms with Gasteiger partial charge >= 0.3 is 6.09 Å². The number of nitrogens with one attached hydrogen (secondary N) is 1. The van der Waals surface area contributed by atoms with Gasteiger partial charge in [0.05, 0.1) is 6.04 Å². The summed E-state index contributed by atoms with van der Waals surface area (Å²) in [6.45, 7) is 1.90. The Morgan fingerprint density at radius 2 is 1.45 bits per heavy atom. The van der Waals surface area contributed by atoms with E-state index in [9.17, 15) is 9.59 Å². The van der Waals surface area contributed by atoms with Crippen molar-refractivity contribution >= 4 is 23.0 Å². The molecule has 5 heteroatoms. The molecule has 0 bridgehead atoms. The molecule has 0 aliphatic heterocycles. The Balaban J connectivity index is 1.37. The van der Waals surface area contributed by atoms with Crippen molar-refractivity contribution in [2.75, 3.05) is 6.61 Å². The molecule has 29 heavy (non-hydrogen) atoms. The van der Waals surface area contributed by atoms with Crippen molar-refractivity contribution in [3.63, 3.8) is 0 Å². The lowest BCUT2D eigenvalue weighted by Crippen LogP contribution is -2.38. The van der Waals surface area contributed by atoms with Crippen LogP contribution in [0.15, 0.2) is 83.8 Å². The lowest BCUT2D eigenvalue weighted by atomic mass is 9.98. The Hall–Kier alpha value is -3.05. The molecular weight excluding hydrogens is 382 g/mol. The topological polar surface area (TPSA) is 55.4 Å². The Labute approximate surface area is 174 Å². The van der Waals surface area contributed by atoms with Gasteiger partial charge in [-0.2, -0.15) is 0 Å². The Morgan fingerprint density at radius 3 is 2.07 bits per heavy atom. The number of fused-ring (bicyclic) bond motifs is 3. The summed E-state index contributed by atoms with van der Waals surface area (Å²) in [5.74, 6) is -0.00199. The van der Waals surface area contributed by atoms with Gasteiger partial charge in [-0.15, -0.1) is 0 Å². The number of amides is 1. The molecule has 1 atom stereocenters. The highest BCUT2D eigenvalue weighted by Crippen LogP contribution is 2.44. The maximum Gasteiger partial charge on any atom is 0.407 e. The number of alkyl carbamates (subject to hydrolysis) is 1. The first-order valence-electron chi connectivity index (χ1n) is 9.51. The summed E-state index contributed by atoms with van der Waals surface area (Å²) < 4.78 is 5.50. The first kappa shape index (κ1) is 19.3. The van der Waals surface area contributed by atoms with Crippen molar-refractivity contribution in [3.05, 3.63) is 90.0 Å². The van der Waals surface area contributed by atoms with E-state index < -0.39 is 12.1 Å². The molecule has 1 aliphatic rings. The van der Waals surface area contributed by atoms with Crippen LogP contribution >= 0.6 is 11.8 Å². The molecule has 0 saturated carbocycles. The summed E-state index contributed by atoms with van der Waals surface area (Å²) in [5.41, 5.74) is 4.68. The zero-order valence-electron chi connectivity index (χ0n) is 16.0. The first-order valence-corrected chi connectivity index (χ1v) is 10.3. The van der Waals surface area contributed by atoms with Crippen molar-refractivity contribution < 1.29 is 14.3 Å². The van der Waals surface area contributed by atoms with E-state index in [2.05, 4.69) is 29.6 Å². The standard InChI is InChI=1S/C24H21NO3S/c1-16(23(26)29-17-9-3-2-4-10-17)25-24(27)28-15-22-20-13-7-5-11-18(20)19-12-6-8-14-21(19)22/h2-14,16,22H,15H2,1H3,(H,25,27)/t16-/m0/s1. The molecule has 3 aromatic rings. The molecule has 0 heterocycles. The maximum absolute atomic E-state index is 12.3. The summed E-state index contributed by atoms with van der Waals surface area (Å²) in [4.78, 5) is 25.5. The number of hydrogen-bond acceptors (Lipinski definition) is 4. The van der Waals surface area contributed by atoms with Gasteiger partial charge in [0.25, 0.3) is 0 Å². The van der Waals surface area contributed by atoms with Gasteiger partial charge in [-0.05, 0) is 53.1 Å². The van der Waals surface area contributed by atoms with Crippen LogP contribution in [0.1, 0.15) is 24.0 Å². The van der Waals surface area contributed by atoms with E-state index >= 15 is 0 Å². The van der Waals surface area contributed by atoms with Crippen LogP contribution in [0.2, 0.25) is 0 Å². The van der Waals surface area contributed by atoms with E-state index in [1.165, 1.54) is 11.1 Å². The minimum absolute atomic E-state index is 0.00199. The second kappa shape index (κ2) is 8.53. The number of carbonyl (C=O) groups excluding carboxylic acids is 2. The number of carbonyl (C=O) groups is 2. The van der Waals surface area contributed by atoms with Crippen LogP contribution in [0.5, 0.6) is 0 Å². The van der Waals surface area contributed by atoms with Crippen LogP contribution in [0.4, 0.5) is 4.79 Å². The fourth-order valence-electron chi connectivity index (χ4n) is 3.57. The van der Waals surface area contributed by atoms with Gasteiger partial charge in [-0.25, -0.2) is 4.79 Å². The third kappa shape index (κ3) is 4.20. The Bertz CT molecular complexity index is 990. The molecule has 0 saturated heterocycles. The molecular formula is C24H21NO3S. The number of thioether (sulfide) groups is 1. The second-order valence-corrected chi connectivity index (χ2v) is 8.00. The molecule has 1 aliphatic carbocycles. The average molecular weight is 404 g/mol. The van der Waals surface area contributed by atoms with Gasteiger partial charge in [0.15, 0.2) is 0 Å². The van der Waals surface area contributed by atoms with E-state index in [0.717, 1.165) is 27.8 Å². The molecule has 4 rings (SSSR count). The minimum Gasteiger partial charge on any atom is -0.449 e. The summed E-state index contributed by atoms with van der Waals surface area (Å²) >= 11 is 1.11. The van der Waals surface area contributed by atoms with Crippen molar-refractivity contribution in [3.8, 4) is 11.1 Å². The third-order valence-corrected chi connectivity index (χ3v) is 6.06. The quantitative estimate of drug-likeness (QED) is 0.593. The van der Waals surface area contributed by atoms with E-state index in [1.807, 2.05) is 54.6 Å². The van der Waals surface area contributed by atoms with Crippen LogP contribution in [0.3, 0.4) is 0 Å². The lowest BCUT2D eigenvalue weighted by Gasteiger charge is -2.16. The van der Waals surface area contributed by atoms with Gasteiger partial charge < -0.3 is 10.1 Å². The minimum atomic E-state index is -0.643. The average Bonchev–Trinajstić information content (AvgIpc) is 3.07.